The Morgan fingerprint density at radius 1 is 1.12 bits per heavy atom. The monoisotopic (exact) mass is 378 g/mol. The van der Waals surface area contributed by atoms with E-state index in [1.54, 1.807) is 13.2 Å². The lowest BCUT2D eigenvalue weighted by atomic mass is 10.1. The van der Waals surface area contributed by atoms with Gasteiger partial charge >= 0.3 is 0 Å². The van der Waals surface area contributed by atoms with Gasteiger partial charge in [-0.3, -0.25) is 9.63 Å². The maximum atomic E-state index is 12.6. The molecule has 2 aromatic rings. The van der Waals surface area contributed by atoms with Crippen LogP contribution < -0.4 is 10.1 Å². The average molecular weight is 378 g/mol. The van der Waals surface area contributed by atoms with Crippen LogP contribution in [-0.2, 0) is 14.9 Å². The van der Waals surface area contributed by atoms with Crippen LogP contribution in [0.25, 0.3) is 0 Å². The van der Waals surface area contributed by atoms with E-state index in [1.165, 1.54) is 32.4 Å². The first-order valence-corrected chi connectivity index (χ1v) is 9.32. The molecule has 26 heavy (non-hydrogen) atoms. The molecule has 0 spiro atoms. The fourth-order valence-corrected chi connectivity index (χ4v) is 3.45. The largest absolute Gasteiger partial charge is 0.496 e. The van der Waals surface area contributed by atoms with Crippen molar-refractivity contribution in [3.8, 4) is 5.75 Å². The molecule has 0 fully saturated rings. The third-order valence-corrected chi connectivity index (χ3v) is 5.62. The highest BCUT2D eigenvalue weighted by Gasteiger charge is 2.22. The van der Waals surface area contributed by atoms with Crippen molar-refractivity contribution in [2.24, 2.45) is 0 Å². The summed E-state index contributed by atoms with van der Waals surface area (Å²) in [4.78, 5) is 17.3. The molecule has 2 aromatic carbocycles. The zero-order chi connectivity index (χ0) is 19.3. The summed E-state index contributed by atoms with van der Waals surface area (Å²) in [5, 5.41) is 2.85. The molecule has 0 aromatic heterocycles. The normalized spacial score (nSPS) is 12.7. The molecule has 8 heteroatoms. The molecule has 1 N–H and O–H groups in total. The highest BCUT2D eigenvalue weighted by molar-refractivity contribution is 7.89. The molecule has 0 heterocycles. The number of ether oxygens (including phenoxy) is 1. The highest BCUT2D eigenvalue weighted by atomic mass is 32.2. The predicted octanol–water partition coefficient (Wildman–Crippen LogP) is 2.37. The van der Waals surface area contributed by atoms with E-state index in [0.717, 1.165) is 10.0 Å². The van der Waals surface area contributed by atoms with Crippen LogP contribution in [0.2, 0.25) is 0 Å². The lowest BCUT2D eigenvalue weighted by Crippen LogP contribution is -2.28. The summed E-state index contributed by atoms with van der Waals surface area (Å²) in [6, 6.07) is 12.8. The molecule has 0 saturated heterocycles. The summed E-state index contributed by atoms with van der Waals surface area (Å²) in [5.74, 6) is 0.277. The zero-order valence-electron chi connectivity index (χ0n) is 15.1. The average Bonchev–Trinajstić information content (AvgIpc) is 2.67. The SMILES string of the molecule is COc1ccccc1C(C)NC(=O)c1cccc(S(=O)(=O)N(C)OC)c1. The summed E-state index contributed by atoms with van der Waals surface area (Å²) in [6.07, 6.45) is 0. The van der Waals surface area contributed by atoms with Crippen LogP contribution in [0.4, 0.5) is 0 Å². The Morgan fingerprint density at radius 3 is 2.46 bits per heavy atom. The van der Waals surface area contributed by atoms with Crippen LogP contribution in [0.3, 0.4) is 0 Å². The molecule has 0 aliphatic carbocycles. The van der Waals surface area contributed by atoms with Gasteiger partial charge in [-0.2, -0.15) is 0 Å². The predicted molar refractivity (Wildman–Crippen MR) is 97.3 cm³/mol. The maximum Gasteiger partial charge on any atom is 0.264 e. The minimum Gasteiger partial charge on any atom is -0.496 e. The van der Waals surface area contributed by atoms with E-state index in [1.807, 2.05) is 31.2 Å². The van der Waals surface area contributed by atoms with Gasteiger partial charge in [0.2, 0.25) is 0 Å². The standard InChI is InChI=1S/C18H22N2O5S/c1-13(16-10-5-6-11-17(16)24-3)19-18(21)14-8-7-9-15(12-14)26(22,23)20(2)25-4/h5-13H,1-4H3,(H,19,21). The molecule has 0 aliphatic heterocycles. The number of para-hydroxylation sites is 1. The lowest BCUT2D eigenvalue weighted by Gasteiger charge is -2.18. The van der Waals surface area contributed by atoms with Gasteiger partial charge in [-0.15, -0.1) is 0 Å². The number of nitrogens with one attached hydrogen (secondary N) is 1. The van der Waals surface area contributed by atoms with Gasteiger partial charge in [-0.25, -0.2) is 8.42 Å². The van der Waals surface area contributed by atoms with Gasteiger partial charge in [0, 0.05) is 18.2 Å². The van der Waals surface area contributed by atoms with Crippen molar-refractivity contribution < 1.29 is 22.8 Å². The number of benzene rings is 2. The molecule has 1 unspecified atom stereocenters. The highest BCUT2D eigenvalue weighted by Crippen LogP contribution is 2.25. The van der Waals surface area contributed by atoms with E-state index >= 15 is 0 Å². The van der Waals surface area contributed by atoms with E-state index in [0.29, 0.717) is 5.75 Å². The third-order valence-electron chi connectivity index (χ3n) is 3.94. The number of sulfonamides is 1. The second kappa shape index (κ2) is 8.31. The van der Waals surface area contributed by atoms with Crippen molar-refractivity contribution in [1.29, 1.82) is 0 Å². The summed E-state index contributed by atoms with van der Waals surface area (Å²) >= 11 is 0. The Kier molecular flexibility index (Phi) is 6.36. The third kappa shape index (κ3) is 4.21. The van der Waals surface area contributed by atoms with Crippen molar-refractivity contribution in [3.05, 3.63) is 59.7 Å². The summed E-state index contributed by atoms with van der Waals surface area (Å²) < 4.78 is 30.7. The number of amides is 1. The fourth-order valence-electron chi connectivity index (χ4n) is 2.43. The minimum absolute atomic E-state index is 0.0283. The van der Waals surface area contributed by atoms with Crippen LogP contribution >= 0.6 is 0 Å². The van der Waals surface area contributed by atoms with Crippen molar-refractivity contribution in [1.82, 2.24) is 9.79 Å². The van der Waals surface area contributed by atoms with Crippen LogP contribution in [-0.4, -0.2) is 40.1 Å². The number of hydrogen-bond donors (Lipinski definition) is 1. The Bertz CT molecular complexity index is 883. The molecule has 0 radical (unpaired) electrons. The van der Waals surface area contributed by atoms with Gasteiger partial charge in [0.1, 0.15) is 5.75 Å². The van der Waals surface area contributed by atoms with Gasteiger partial charge in [0.25, 0.3) is 15.9 Å². The molecule has 0 saturated carbocycles. The van der Waals surface area contributed by atoms with E-state index in [-0.39, 0.29) is 22.4 Å². The van der Waals surface area contributed by atoms with E-state index in [2.05, 4.69) is 5.32 Å². The second-order valence-corrected chi connectivity index (χ2v) is 7.50. The molecule has 1 amide bonds. The first-order valence-electron chi connectivity index (χ1n) is 7.88. The van der Waals surface area contributed by atoms with Gasteiger partial charge in [-0.05, 0) is 31.2 Å². The van der Waals surface area contributed by atoms with E-state index < -0.39 is 10.0 Å². The van der Waals surface area contributed by atoms with E-state index in [9.17, 15) is 13.2 Å². The number of rotatable bonds is 7. The molecule has 1 atom stereocenters. The van der Waals surface area contributed by atoms with Gasteiger partial charge in [0.15, 0.2) is 0 Å². The zero-order valence-corrected chi connectivity index (χ0v) is 15.9. The maximum absolute atomic E-state index is 12.6. The number of carbonyl (C=O) groups is 1. The Morgan fingerprint density at radius 2 is 1.81 bits per heavy atom. The smallest absolute Gasteiger partial charge is 0.264 e. The molecule has 140 valence electrons. The molecule has 0 aliphatic rings. The fraction of sp³-hybridized carbons (Fsp3) is 0.278. The summed E-state index contributed by atoms with van der Waals surface area (Å²) in [5.41, 5.74) is 1.06. The number of methoxy groups -OCH3 is 1. The van der Waals surface area contributed by atoms with Crippen LogP contribution in [0.5, 0.6) is 5.75 Å². The summed E-state index contributed by atoms with van der Waals surface area (Å²) in [6.45, 7) is 1.83. The van der Waals surface area contributed by atoms with Crippen LogP contribution in [0, 0.1) is 0 Å². The van der Waals surface area contributed by atoms with Crippen molar-refractivity contribution in [2.75, 3.05) is 21.3 Å². The Balaban J connectivity index is 2.24. The Hall–Kier alpha value is -2.42. The summed E-state index contributed by atoms with van der Waals surface area (Å²) in [7, 11) is 0.275. The van der Waals surface area contributed by atoms with Crippen molar-refractivity contribution in [2.45, 2.75) is 17.9 Å². The molecular formula is C18H22N2O5S. The lowest BCUT2D eigenvalue weighted by molar-refractivity contribution is -0.0258. The van der Waals surface area contributed by atoms with Gasteiger partial charge < -0.3 is 10.1 Å². The van der Waals surface area contributed by atoms with Crippen LogP contribution in [0.1, 0.15) is 28.9 Å². The number of hydroxylamine groups is 1. The van der Waals surface area contributed by atoms with Crippen molar-refractivity contribution in [3.63, 3.8) is 0 Å². The second-order valence-electron chi connectivity index (χ2n) is 5.56. The molecule has 2 rings (SSSR count). The number of carbonyl (C=O) groups excluding carboxylic acids is 1. The number of hydrogen-bond acceptors (Lipinski definition) is 5. The van der Waals surface area contributed by atoms with Gasteiger partial charge in [-0.1, -0.05) is 28.7 Å². The van der Waals surface area contributed by atoms with E-state index in [4.69, 9.17) is 9.57 Å². The van der Waals surface area contributed by atoms with Gasteiger partial charge in [0.05, 0.1) is 25.2 Å². The minimum atomic E-state index is -3.83. The Labute approximate surface area is 153 Å². The topological polar surface area (TPSA) is 84.9 Å². The number of nitrogens with zero attached hydrogens (tertiary/aromatic N) is 1. The molecule has 7 nitrogen and oxygen atoms in total. The quantitative estimate of drug-likeness (QED) is 0.748. The van der Waals surface area contributed by atoms with Crippen molar-refractivity contribution >= 4 is 15.9 Å². The first-order chi connectivity index (χ1) is 12.3. The molecule has 0 bridgehead atoms. The van der Waals surface area contributed by atoms with Crippen LogP contribution in [0.15, 0.2) is 53.4 Å². The molecular weight excluding hydrogens is 356 g/mol. The first kappa shape index (κ1) is 19.9.